The van der Waals surface area contributed by atoms with Crippen LogP contribution in [0.3, 0.4) is 0 Å². The van der Waals surface area contributed by atoms with Crippen LogP contribution in [0, 0.1) is 17.6 Å². The fraction of sp³-hybridized carbons (Fsp3) is 0.368. The molecule has 1 fully saturated rings. The second kappa shape index (κ2) is 9.28. The Labute approximate surface area is 185 Å². The quantitative estimate of drug-likeness (QED) is 0.350. The highest BCUT2D eigenvalue weighted by molar-refractivity contribution is 7.89. The minimum absolute atomic E-state index is 0.113. The molecule has 1 aliphatic heterocycles. The number of pyridine rings is 1. The van der Waals surface area contributed by atoms with Gasteiger partial charge >= 0.3 is 12.1 Å². The minimum atomic E-state index is -5.11. The van der Waals surface area contributed by atoms with Gasteiger partial charge in [0.25, 0.3) is 0 Å². The first-order chi connectivity index (χ1) is 14.9. The Kier molecular flexibility index (Phi) is 7.06. The van der Waals surface area contributed by atoms with Crippen LogP contribution in [-0.4, -0.2) is 42.9 Å². The molecule has 0 radical (unpaired) electrons. The molecule has 0 N–H and O–H groups in total. The second-order valence-corrected chi connectivity index (χ2v) is 9.30. The van der Waals surface area contributed by atoms with E-state index in [2.05, 4.69) is 9.72 Å². The SMILES string of the molecule is O=C(O[C@H](c1cc(F)cc(F)c1)C(F)(F)F)C1CCN(S(=O)(=O)c2cccnc2Cl)CC1. The number of piperidine rings is 1. The normalized spacial score (nSPS) is 17.2. The van der Waals surface area contributed by atoms with Crippen molar-refractivity contribution in [2.24, 2.45) is 5.92 Å². The highest BCUT2D eigenvalue weighted by Gasteiger charge is 2.46. The fourth-order valence-electron chi connectivity index (χ4n) is 3.30. The third-order valence-corrected chi connectivity index (χ3v) is 7.19. The van der Waals surface area contributed by atoms with E-state index in [-0.39, 0.29) is 36.0 Å². The summed E-state index contributed by atoms with van der Waals surface area (Å²) >= 11 is 5.84. The molecule has 2 heterocycles. The maximum Gasteiger partial charge on any atom is 0.429 e. The second-order valence-electron chi connectivity index (χ2n) is 7.03. The smallest absolute Gasteiger partial charge is 0.429 e. The maximum atomic E-state index is 13.4. The monoisotopic (exact) mass is 498 g/mol. The van der Waals surface area contributed by atoms with Crippen LogP contribution in [0.1, 0.15) is 24.5 Å². The molecule has 1 aromatic carbocycles. The van der Waals surface area contributed by atoms with Crippen molar-refractivity contribution in [2.75, 3.05) is 13.1 Å². The van der Waals surface area contributed by atoms with Crippen LogP contribution >= 0.6 is 11.6 Å². The highest BCUT2D eigenvalue weighted by Crippen LogP contribution is 2.38. The predicted molar refractivity (Wildman–Crippen MR) is 102 cm³/mol. The van der Waals surface area contributed by atoms with Crippen molar-refractivity contribution in [3.05, 3.63) is 58.9 Å². The molecule has 1 aliphatic rings. The van der Waals surface area contributed by atoms with Crippen LogP contribution in [0.2, 0.25) is 5.15 Å². The van der Waals surface area contributed by atoms with Crippen LogP contribution in [0.15, 0.2) is 41.4 Å². The van der Waals surface area contributed by atoms with E-state index in [9.17, 15) is 35.2 Å². The van der Waals surface area contributed by atoms with Crippen LogP contribution in [0.4, 0.5) is 22.0 Å². The van der Waals surface area contributed by atoms with Crippen molar-refractivity contribution < 1.29 is 39.9 Å². The van der Waals surface area contributed by atoms with Gasteiger partial charge in [0.2, 0.25) is 16.1 Å². The number of carbonyl (C=O) groups is 1. The van der Waals surface area contributed by atoms with Gasteiger partial charge in [-0.1, -0.05) is 11.6 Å². The molecule has 13 heteroatoms. The van der Waals surface area contributed by atoms with Crippen LogP contribution < -0.4 is 0 Å². The molecule has 0 amide bonds. The number of carbonyl (C=O) groups excluding carboxylic acids is 1. The summed E-state index contributed by atoms with van der Waals surface area (Å²) in [5.41, 5.74) is -0.894. The fourth-order valence-corrected chi connectivity index (χ4v) is 5.20. The van der Waals surface area contributed by atoms with Gasteiger partial charge in [-0.3, -0.25) is 4.79 Å². The molecule has 0 aliphatic carbocycles. The standard InChI is InChI=1S/C19H16ClF5N2O4S/c20-17-15(2-1-5-26-17)32(29,30)27-6-3-11(4-7-27)18(28)31-16(19(23,24)25)12-8-13(21)10-14(22)9-12/h1-2,5,8-11,16H,3-4,6-7H2/t16-/m1/s1. The highest BCUT2D eigenvalue weighted by atomic mass is 35.5. The van der Waals surface area contributed by atoms with Gasteiger partial charge in [-0.2, -0.15) is 17.5 Å². The number of nitrogens with zero attached hydrogens (tertiary/aromatic N) is 2. The van der Waals surface area contributed by atoms with Crippen molar-refractivity contribution >= 4 is 27.6 Å². The Hall–Kier alpha value is -2.31. The van der Waals surface area contributed by atoms with E-state index in [0.29, 0.717) is 18.2 Å². The Morgan fingerprint density at radius 1 is 1.16 bits per heavy atom. The largest absolute Gasteiger partial charge is 0.447 e. The van der Waals surface area contributed by atoms with Crippen molar-refractivity contribution in [1.29, 1.82) is 0 Å². The third-order valence-electron chi connectivity index (χ3n) is 4.85. The Bertz CT molecular complexity index is 1080. The van der Waals surface area contributed by atoms with Crippen molar-refractivity contribution in [1.82, 2.24) is 9.29 Å². The van der Waals surface area contributed by atoms with Gasteiger partial charge in [0.1, 0.15) is 21.7 Å². The molecule has 0 spiro atoms. The number of sulfonamides is 1. The number of esters is 1. The first-order valence-corrected chi connectivity index (χ1v) is 11.1. The summed E-state index contributed by atoms with van der Waals surface area (Å²) in [5, 5.41) is -0.232. The molecule has 3 rings (SSSR count). The topological polar surface area (TPSA) is 76.6 Å². The molecule has 0 saturated carbocycles. The van der Waals surface area contributed by atoms with E-state index in [1.807, 2.05) is 0 Å². The summed E-state index contributed by atoms with van der Waals surface area (Å²) in [4.78, 5) is 15.8. The molecule has 1 atom stereocenters. The van der Waals surface area contributed by atoms with Gasteiger partial charge in [0, 0.05) is 30.9 Å². The molecular formula is C19H16ClF5N2O4S. The lowest BCUT2D eigenvalue weighted by Crippen LogP contribution is -2.41. The molecule has 1 saturated heterocycles. The number of aromatic nitrogens is 1. The van der Waals surface area contributed by atoms with E-state index in [1.54, 1.807) is 0 Å². The first kappa shape index (κ1) is 24.3. The summed E-state index contributed by atoms with van der Waals surface area (Å²) in [6.45, 7) is -0.336. The summed E-state index contributed by atoms with van der Waals surface area (Å²) in [6, 6.07) is 3.90. The summed E-state index contributed by atoms with van der Waals surface area (Å²) in [6.07, 6.45) is -6.89. The predicted octanol–water partition coefficient (Wildman–Crippen LogP) is 4.26. The van der Waals surface area contributed by atoms with E-state index < -0.39 is 51.4 Å². The van der Waals surface area contributed by atoms with Gasteiger partial charge in [-0.15, -0.1) is 0 Å². The number of ether oxygens (including phenoxy) is 1. The average molecular weight is 499 g/mol. The number of rotatable bonds is 5. The average Bonchev–Trinajstić information content (AvgIpc) is 2.70. The van der Waals surface area contributed by atoms with E-state index in [1.165, 1.54) is 18.3 Å². The van der Waals surface area contributed by atoms with E-state index >= 15 is 0 Å². The summed E-state index contributed by atoms with van der Waals surface area (Å²) < 4.78 is 98.0. The summed E-state index contributed by atoms with van der Waals surface area (Å²) in [7, 11) is -4.02. The number of halogens is 6. The number of alkyl halides is 3. The number of hydrogen-bond donors (Lipinski definition) is 0. The maximum absolute atomic E-state index is 13.4. The molecule has 0 unspecified atom stereocenters. The lowest BCUT2D eigenvalue weighted by Gasteiger charge is -2.31. The van der Waals surface area contributed by atoms with Crippen LogP contribution in [0.25, 0.3) is 0 Å². The molecule has 2 aromatic rings. The van der Waals surface area contributed by atoms with Crippen LogP contribution in [0.5, 0.6) is 0 Å². The zero-order valence-corrected chi connectivity index (χ0v) is 17.7. The van der Waals surface area contributed by atoms with Crippen LogP contribution in [-0.2, 0) is 19.6 Å². The Balaban J connectivity index is 1.71. The molecule has 0 bridgehead atoms. The Morgan fingerprint density at radius 2 is 1.75 bits per heavy atom. The van der Waals surface area contributed by atoms with Gasteiger partial charge < -0.3 is 4.74 Å². The molecule has 174 valence electrons. The number of hydrogen-bond acceptors (Lipinski definition) is 5. The molecule has 6 nitrogen and oxygen atoms in total. The number of benzene rings is 1. The zero-order valence-electron chi connectivity index (χ0n) is 16.2. The molecular weight excluding hydrogens is 483 g/mol. The Morgan fingerprint density at radius 3 is 2.28 bits per heavy atom. The van der Waals surface area contributed by atoms with Gasteiger partial charge in [-0.25, -0.2) is 22.2 Å². The molecule has 32 heavy (non-hydrogen) atoms. The third kappa shape index (κ3) is 5.36. The van der Waals surface area contributed by atoms with E-state index in [4.69, 9.17) is 11.6 Å². The minimum Gasteiger partial charge on any atom is -0.447 e. The zero-order chi connectivity index (χ0) is 23.7. The van der Waals surface area contributed by atoms with Gasteiger partial charge in [0.05, 0.1) is 5.92 Å². The van der Waals surface area contributed by atoms with Crippen molar-refractivity contribution in [2.45, 2.75) is 30.0 Å². The lowest BCUT2D eigenvalue weighted by atomic mass is 9.98. The summed E-state index contributed by atoms with van der Waals surface area (Å²) in [5.74, 6) is -4.78. The lowest BCUT2D eigenvalue weighted by molar-refractivity contribution is -0.226. The molecule has 1 aromatic heterocycles. The van der Waals surface area contributed by atoms with Gasteiger partial charge in [-0.05, 0) is 37.1 Å². The van der Waals surface area contributed by atoms with E-state index in [0.717, 1.165) is 4.31 Å². The van der Waals surface area contributed by atoms with Gasteiger partial charge in [0.15, 0.2) is 0 Å². The van der Waals surface area contributed by atoms with Crippen molar-refractivity contribution in [3.63, 3.8) is 0 Å². The first-order valence-electron chi connectivity index (χ1n) is 9.23. The van der Waals surface area contributed by atoms with Crippen molar-refractivity contribution in [3.8, 4) is 0 Å².